The molecule has 1 aliphatic rings. The van der Waals surface area contributed by atoms with Gasteiger partial charge in [-0.25, -0.2) is 4.98 Å². The summed E-state index contributed by atoms with van der Waals surface area (Å²) in [6.45, 7) is 8.66. The Labute approximate surface area is 116 Å². The summed E-state index contributed by atoms with van der Waals surface area (Å²) in [6, 6.07) is 0.321. The lowest BCUT2D eigenvalue weighted by Crippen LogP contribution is -2.48. The van der Waals surface area contributed by atoms with Crippen molar-refractivity contribution in [2.24, 2.45) is 0 Å². The molecule has 0 radical (unpaired) electrons. The van der Waals surface area contributed by atoms with Crippen molar-refractivity contribution in [2.75, 3.05) is 29.9 Å². The van der Waals surface area contributed by atoms with E-state index in [4.69, 9.17) is 4.74 Å². The number of anilines is 2. The first kappa shape index (κ1) is 13.5. The Morgan fingerprint density at radius 1 is 1.56 bits per heavy atom. The van der Waals surface area contributed by atoms with Crippen LogP contribution >= 0.6 is 15.9 Å². The highest BCUT2D eigenvalue weighted by atomic mass is 79.9. The van der Waals surface area contributed by atoms with E-state index in [9.17, 15) is 0 Å². The predicted octanol–water partition coefficient (Wildman–Crippen LogP) is 2.28. The van der Waals surface area contributed by atoms with Gasteiger partial charge < -0.3 is 15.0 Å². The molecule has 5 nitrogen and oxygen atoms in total. The zero-order valence-corrected chi connectivity index (χ0v) is 12.6. The largest absolute Gasteiger partial charge is 0.375 e. The number of halogens is 1. The topological polar surface area (TPSA) is 50.3 Å². The Balaban J connectivity index is 2.27. The number of hydrogen-bond donors (Lipinski definition) is 1. The molecule has 1 saturated heterocycles. The minimum absolute atomic E-state index is 0.227. The summed E-state index contributed by atoms with van der Waals surface area (Å²) in [4.78, 5) is 11.1. The fraction of sp³-hybridized carbons (Fsp3) is 0.667. The highest BCUT2D eigenvalue weighted by molar-refractivity contribution is 9.10. The van der Waals surface area contributed by atoms with Gasteiger partial charge in [0.1, 0.15) is 5.82 Å². The first-order valence-electron chi connectivity index (χ1n) is 6.26. The lowest BCUT2D eigenvalue weighted by molar-refractivity contribution is 0.0340. The first-order chi connectivity index (χ1) is 8.61. The van der Waals surface area contributed by atoms with E-state index in [1.807, 2.05) is 6.92 Å². The Hall–Kier alpha value is -0.880. The number of hydrogen-bond acceptors (Lipinski definition) is 5. The standard InChI is InChI=1S/C12H19BrN4O/c1-4-14-12-15-5-10(13)11(16-12)17-6-9(3)18-7-8(17)2/h5,8-9H,4,6-7H2,1-3H3,(H,14,15,16). The average molecular weight is 315 g/mol. The number of aromatic nitrogens is 2. The van der Waals surface area contributed by atoms with Crippen molar-refractivity contribution >= 4 is 27.7 Å². The van der Waals surface area contributed by atoms with Crippen LogP contribution in [0.3, 0.4) is 0 Å². The molecule has 1 N–H and O–H groups in total. The molecule has 1 aromatic heterocycles. The van der Waals surface area contributed by atoms with Gasteiger partial charge in [0.25, 0.3) is 0 Å². The minimum atomic E-state index is 0.227. The summed E-state index contributed by atoms with van der Waals surface area (Å²) in [6.07, 6.45) is 2.03. The number of ether oxygens (including phenoxy) is 1. The molecule has 6 heteroatoms. The lowest BCUT2D eigenvalue weighted by atomic mass is 10.2. The highest BCUT2D eigenvalue weighted by Crippen LogP contribution is 2.28. The number of nitrogens with one attached hydrogen (secondary N) is 1. The second-order valence-electron chi connectivity index (χ2n) is 4.54. The maximum atomic E-state index is 5.64. The van der Waals surface area contributed by atoms with Crippen molar-refractivity contribution in [3.63, 3.8) is 0 Å². The molecule has 0 amide bonds. The molecule has 1 fully saturated rings. The number of rotatable bonds is 3. The van der Waals surface area contributed by atoms with Crippen LogP contribution in [-0.4, -0.2) is 41.8 Å². The summed E-state index contributed by atoms with van der Waals surface area (Å²) >= 11 is 3.53. The molecule has 1 aromatic rings. The molecule has 2 rings (SSSR count). The maximum Gasteiger partial charge on any atom is 0.224 e. The van der Waals surface area contributed by atoms with Gasteiger partial charge in [-0.2, -0.15) is 4.98 Å². The Morgan fingerprint density at radius 2 is 2.33 bits per heavy atom. The fourth-order valence-electron chi connectivity index (χ4n) is 2.00. The van der Waals surface area contributed by atoms with Crippen LogP contribution in [0.2, 0.25) is 0 Å². The molecule has 0 saturated carbocycles. The van der Waals surface area contributed by atoms with Crippen LogP contribution in [0.25, 0.3) is 0 Å². The third-order valence-corrected chi connectivity index (χ3v) is 3.50. The summed E-state index contributed by atoms with van der Waals surface area (Å²) < 4.78 is 6.56. The van der Waals surface area contributed by atoms with Crippen molar-refractivity contribution in [3.05, 3.63) is 10.7 Å². The highest BCUT2D eigenvalue weighted by Gasteiger charge is 2.26. The van der Waals surface area contributed by atoms with Gasteiger partial charge in [-0.1, -0.05) is 0 Å². The minimum Gasteiger partial charge on any atom is -0.375 e. The molecule has 0 aromatic carbocycles. The van der Waals surface area contributed by atoms with Gasteiger partial charge >= 0.3 is 0 Å². The number of morpholine rings is 1. The van der Waals surface area contributed by atoms with Crippen LogP contribution in [0.15, 0.2) is 10.7 Å². The van der Waals surface area contributed by atoms with Crippen molar-refractivity contribution < 1.29 is 4.74 Å². The normalized spacial score (nSPS) is 24.1. The third-order valence-electron chi connectivity index (χ3n) is 2.94. The van der Waals surface area contributed by atoms with E-state index in [0.29, 0.717) is 12.0 Å². The Kier molecular flexibility index (Phi) is 4.40. The second-order valence-corrected chi connectivity index (χ2v) is 5.40. The van der Waals surface area contributed by atoms with Crippen LogP contribution in [-0.2, 0) is 4.74 Å². The Morgan fingerprint density at radius 3 is 3.06 bits per heavy atom. The SMILES string of the molecule is CCNc1ncc(Br)c(N2CC(C)OCC2C)n1. The van der Waals surface area contributed by atoms with Gasteiger partial charge in [0.15, 0.2) is 0 Å². The average Bonchev–Trinajstić information content (AvgIpc) is 2.35. The molecule has 18 heavy (non-hydrogen) atoms. The van der Waals surface area contributed by atoms with Gasteiger partial charge in [-0.15, -0.1) is 0 Å². The van der Waals surface area contributed by atoms with E-state index in [-0.39, 0.29) is 6.10 Å². The zero-order chi connectivity index (χ0) is 13.1. The molecular formula is C12H19BrN4O. The van der Waals surface area contributed by atoms with Gasteiger partial charge in [0.05, 0.1) is 23.2 Å². The number of nitrogens with zero attached hydrogens (tertiary/aromatic N) is 3. The van der Waals surface area contributed by atoms with Gasteiger partial charge in [0, 0.05) is 19.3 Å². The molecule has 100 valence electrons. The molecule has 0 aliphatic carbocycles. The van der Waals surface area contributed by atoms with Crippen molar-refractivity contribution in [3.8, 4) is 0 Å². The smallest absolute Gasteiger partial charge is 0.224 e. The van der Waals surface area contributed by atoms with Crippen LogP contribution in [0, 0.1) is 0 Å². The maximum absolute atomic E-state index is 5.64. The summed E-state index contributed by atoms with van der Waals surface area (Å²) in [7, 11) is 0. The molecular weight excluding hydrogens is 296 g/mol. The van der Waals surface area contributed by atoms with Gasteiger partial charge in [-0.05, 0) is 36.7 Å². The quantitative estimate of drug-likeness (QED) is 0.927. The van der Waals surface area contributed by atoms with Crippen LogP contribution < -0.4 is 10.2 Å². The zero-order valence-electron chi connectivity index (χ0n) is 11.0. The summed E-state index contributed by atoms with van der Waals surface area (Å²) in [5, 5.41) is 3.14. The van der Waals surface area contributed by atoms with E-state index in [1.54, 1.807) is 6.20 Å². The molecule has 2 atom stereocenters. The van der Waals surface area contributed by atoms with Gasteiger partial charge in [-0.3, -0.25) is 0 Å². The third kappa shape index (κ3) is 2.92. The second kappa shape index (κ2) is 5.84. The predicted molar refractivity (Wildman–Crippen MR) is 76.1 cm³/mol. The molecule has 0 spiro atoms. The van der Waals surface area contributed by atoms with Crippen LogP contribution in [0.1, 0.15) is 20.8 Å². The fourth-order valence-corrected chi connectivity index (χ4v) is 2.42. The van der Waals surface area contributed by atoms with E-state index < -0.39 is 0 Å². The van der Waals surface area contributed by atoms with Crippen molar-refractivity contribution in [1.29, 1.82) is 0 Å². The monoisotopic (exact) mass is 314 g/mol. The summed E-state index contributed by atoms with van der Waals surface area (Å²) in [5.74, 6) is 1.60. The van der Waals surface area contributed by atoms with E-state index in [1.165, 1.54) is 0 Å². The van der Waals surface area contributed by atoms with Crippen molar-refractivity contribution in [2.45, 2.75) is 32.9 Å². The molecule has 2 heterocycles. The Bertz CT molecular complexity index is 415. The lowest BCUT2D eigenvalue weighted by Gasteiger charge is -2.38. The van der Waals surface area contributed by atoms with Gasteiger partial charge in [0.2, 0.25) is 5.95 Å². The van der Waals surface area contributed by atoms with Crippen LogP contribution in [0.5, 0.6) is 0 Å². The molecule has 1 aliphatic heterocycles. The molecule has 0 bridgehead atoms. The molecule has 2 unspecified atom stereocenters. The van der Waals surface area contributed by atoms with E-state index in [0.717, 1.165) is 30.0 Å². The summed E-state index contributed by atoms with van der Waals surface area (Å²) in [5.41, 5.74) is 0. The van der Waals surface area contributed by atoms with E-state index in [2.05, 4.69) is 50.0 Å². The van der Waals surface area contributed by atoms with Crippen LogP contribution in [0.4, 0.5) is 11.8 Å². The van der Waals surface area contributed by atoms with Crippen molar-refractivity contribution in [1.82, 2.24) is 9.97 Å². The first-order valence-corrected chi connectivity index (χ1v) is 7.05. The van der Waals surface area contributed by atoms with E-state index >= 15 is 0 Å².